The number of aliphatic hydroxyl groups is 1. The summed E-state index contributed by atoms with van der Waals surface area (Å²) in [4.78, 5) is 4.86. The highest BCUT2D eigenvalue weighted by molar-refractivity contribution is 5.81. The van der Waals surface area contributed by atoms with Crippen molar-refractivity contribution in [1.82, 2.24) is 29.8 Å². The fraction of sp³-hybridized carbons (Fsp3) is 0.209. The van der Waals surface area contributed by atoms with Gasteiger partial charge >= 0.3 is 0 Å². The van der Waals surface area contributed by atoms with Gasteiger partial charge in [0.25, 0.3) is 0 Å². The van der Waals surface area contributed by atoms with Gasteiger partial charge in [0, 0.05) is 24.2 Å². The summed E-state index contributed by atoms with van der Waals surface area (Å²) in [6.07, 6.45) is 2.08. The first-order chi connectivity index (χ1) is 24.6. The van der Waals surface area contributed by atoms with Crippen LogP contribution in [-0.2, 0) is 24.9 Å². The zero-order valence-corrected chi connectivity index (χ0v) is 28.8. The van der Waals surface area contributed by atoms with Crippen LogP contribution in [-0.4, -0.2) is 34.9 Å². The van der Waals surface area contributed by atoms with Gasteiger partial charge < -0.3 is 9.67 Å². The molecule has 50 heavy (non-hydrogen) atoms. The Bertz CT molecular complexity index is 2060. The Hall–Kier alpha value is -5.66. The molecular weight excluding hydrogens is 617 g/mol. The molecule has 250 valence electrons. The molecule has 5 aromatic carbocycles. The number of rotatable bonds is 12. The van der Waals surface area contributed by atoms with Crippen molar-refractivity contribution in [3.05, 3.63) is 179 Å². The molecule has 7 heteroatoms. The summed E-state index contributed by atoms with van der Waals surface area (Å²) in [7, 11) is 0. The highest BCUT2D eigenvalue weighted by Crippen LogP contribution is 2.43. The minimum absolute atomic E-state index is 0.596. The maximum absolute atomic E-state index is 10.4. The molecule has 1 unspecified atom stereocenters. The molecule has 2 aromatic heterocycles. The van der Waals surface area contributed by atoms with E-state index in [1.807, 2.05) is 28.9 Å². The van der Waals surface area contributed by atoms with Gasteiger partial charge in [0.05, 0.1) is 11.8 Å². The van der Waals surface area contributed by atoms with Crippen molar-refractivity contribution >= 4 is 0 Å². The lowest BCUT2D eigenvalue weighted by Crippen LogP contribution is -2.39. The second-order valence-corrected chi connectivity index (χ2v) is 12.7. The van der Waals surface area contributed by atoms with Crippen LogP contribution in [0.1, 0.15) is 72.8 Å². The molecule has 1 atom stereocenters. The third-order valence-electron chi connectivity index (χ3n) is 9.52. The first kappa shape index (κ1) is 32.9. The predicted octanol–water partition coefficient (Wildman–Crippen LogP) is 8.66. The first-order valence-electron chi connectivity index (χ1n) is 17.5. The van der Waals surface area contributed by atoms with Crippen LogP contribution >= 0.6 is 0 Å². The summed E-state index contributed by atoms with van der Waals surface area (Å²) >= 11 is 0. The smallest absolute Gasteiger partial charge is 0.184 e. The largest absolute Gasteiger partial charge is 0.387 e. The van der Waals surface area contributed by atoms with Crippen LogP contribution in [0.4, 0.5) is 0 Å². The molecule has 0 aliphatic heterocycles. The summed E-state index contributed by atoms with van der Waals surface area (Å²) in [5.41, 5.74) is 8.44. The molecule has 0 amide bonds. The lowest BCUT2D eigenvalue weighted by atomic mass is 9.77. The minimum atomic E-state index is -0.845. The van der Waals surface area contributed by atoms with Crippen molar-refractivity contribution in [2.45, 2.75) is 58.2 Å². The van der Waals surface area contributed by atoms with Crippen LogP contribution in [0.25, 0.3) is 22.5 Å². The van der Waals surface area contributed by atoms with E-state index in [9.17, 15) is 5.11 Å². The fourth-order valence-electron chi connectivity index (χ4n) is 7.25. The van der Waals surface area contributed by atoms with E-state index in [0.29, 0.717) is 12.4 Å². The van der Waals surface area contributed by atoms with Crippen LogP contribution < -0.4 is 0 Å². The summed E-state index contributed by atoms with van der Waals surface area (Å²) in [6.45, 7) is 6.80. The zero-order valence-electron chi connectivity index (χ0n) is 28.8. The molecule has 0 bridgehead atoms. The van der Waals surface area contributed by atoms with Gasteiger partial charge in [-0.15, -0.1) is 5.10 Å². The molecule has 0 fully saturated rings. The number of aromatic nitrogens is 6. The Morgan fingerprint density at radius 3 is 1.74 bits per heavy atom. The van der Waals surface area contributed by atoms with E-state index in [1.165, 1.54) is 5.56 Å². The summed E-state index contributed by atoms with van der Waals surface area (Å²) in [5, 5.41) is 24.3. The Balaban J connectivity index is 1.34. The Morgan fingerprint density at radius 2 is 1.22 bits per heavy atom. The standard InChI is InChI=1S/C43H42N6O/c1-4-17-40-44-41(31(3)50)39(5-2)48(40)30-32-26-28-33(29-27-32)37-24-15-16-25-38(37)42-45-46-47-49(42)43(34-18-9-6-10-19-34,35-20-11-7-12-21-35)36-22-13-8-14-23-36/h6-16,18-29,31,50H,4-5,17,30H2,1-3H3. The van der Waals surface area contributed by atoms with Crippen molar-refractivity contribution in [2.75, 3.05) is 0 Å². The number of imidazole rings is 1. The van der Waals surface area contributed by atoms with E-state index in [0.717, 1.165) is 69.9 Å². The number of hydrogen-bond acceptors (Lipinski definition) is 5. The van der Waals surface area contributed by atoms with Crippen molar-refractivity contribution in [3.63, 3.8) is 0 Å². The Labute approximate surface area is 293 Å². The maximum atomic E-state index is 10.4. The normalized spacial score (nSPS) is 12.2. The second-order valence-electron chi connectivity index (χ2n) is 12.7. The van der Waals surface area contributed by atoms with E-state index in [1.54, 1.807) is 6.92 Å². The van der Waals surface area contributed by atoms with Gasteiger partial charge in [-0.05, 0) is 63.6 Å². The lowest BCUT2D eigenvalue weighted by Gasteiger charge is -2.36. The molecule has 2 heterocycles. The molecule has 0 aliphatic rings. The Kier molecular flexibility index (Phi) is 9.49. The fourth-order valence-corrected chi connectivity index (χ4v) is 7.25. The highest BCUT2D eigenvalue weighted by atomic mass is 16.3. The molecular formula is C43H42N6O. The third kappa shape index (κ3) is 5.94. The van der Waals surface area contributed by atoms with E-state index < -0.39 is 11.6 Å². The van der Waals surface area contributed by atoms with Crippen molar-refractivity contribution in [1.29, 1.82) is 0 Å². The number of hydrogen-bond donors (Lipinski definition) is 1. The molecule has 0 spiro atoms. The van der Waals surface area contributed by atoms with Gasteiger partial charge in [0.15, 0.2) is 5.82 Å². The van der Waals surface area contributed by atoms with Crippen LogP contribution in [0.15, 0.2) is 140 Å². The zero-order chi connectivity index (χ0) is 34.5. The lowest BCUT2D eigenvalue weighted by molar-refractivity contribution is 0.193. The Morgan fingerprint density at radius 1 is 0.680 bits per heavy atom. The maximum Gasteiger partial charge on any atom is 0.184 e. The van der Waals surface area contributed by atoms with E-state index in [-0.39, 0.29) is 0 Å². The quantitative estimate of drug-likeness (QED) is 0.133. The van der Waals surface area contributed by atoms with Gasteiger partial charge in [0.2, 0.25) is 0 Å². The average molecular weight is 659 g/mol. The van der Waals surface area contributed by atoms with Crippen LogP contribution in [0, 0.1) is 0 Å². The summed E-state index contributed by atoms with van der Waals surface area (Å²) in [6, 6.07) is 48.5. The van der Waals surface area contributed by atoms with Gasteiger partial charge in [-0.1, -0.05) is 153 Å². The number of nitrogens with zero attached hydrogens (tertiary/aromatic N) is 6. The monoisotopic (exact) mass is 658 g/mol. The molecule has 1 N–H and O–H groups in total. The van der Waals surface area contributed by atoms with E-state index in [4.69, 9.17) is 15.3 Å². The average Bonchev–Trinajstić information content (AvgIpc) is 3.79. The van der Waals surface area contributed by atoms with Gasteiger partial charge in [-0.3, -0.25) is 0 Å². The van der Waals surface area contributed by atoms with Crippen molar-refractivity contribution in [3.8, 4) is 22.5 Å². The van der Waals surface area contributed by atoms with Gasteiger partial charge in [0.1, 0.15) is 11.4 Å². The number of tetrazole rings is 1. The molecule has 0 radical (unpaired) electrons. The topological polar surface area (TPSA) is 81.7 Å². The van der Waals surface area contributed by atoms with Crippen LogP contribution in [0.3, 0.4) is 0 Å². The molecule has 7 rings (SSSR count). The molecule has 7 aromatic rings. The third-order valence-corrected chi connectivity index (χ3v) is 9.52. The van der Waals surface area contributed by atoms with E-state index >= 15 is 0 Å². The first-order valence-corrected chi connectivity index (χ1v) is 17.5. The molecule has 0 saturated heterocycles. The number of aliphatic hydroxyl groups excluding tert-OH is 1. The van der Waals surface area contributed by atoms with Gasteiger partial charge in [-0.25, -0.2) is 9.67 Å². The second kappa shape index (κ2) is 14.4. The number of aryl methyl sites for hydroxylation is 1. The summed E-state index contributed by atoms with van der Waals surface area (Å²) in [5.74, 6) is 1.70. The number of benzene rings is 5. The van der Waals surface area contributed by atoms with E-state index in [2.05, 4.69) is 139 Å². The van der Waals surface area contributed by atoms with Crippen LogP contribution in [0.5, 0.6) is 0 Å². The highest BCUT2D eigenvalue weighted by Gasteiger charge is 2.42. The molecule has 0 aliphatic carbocycles. The van der Waals surface area contributed by atoms with Crippen molar-refractivity contribution in [2.24, 2.45) is 0 Å². The van der Waals surface area contributed by atoms with Crippen LogP contribution in [0.2, 0.25) is 0 Å². The SMILES string of the molecule is CCCc1nc(C(C)O)c(CC)n1Cc1ccc(-c2ccccc2-c2nnnn2C(c2ccccc2)(c2ccccc2)c2ccccc2)cc1. The van der Waals surface area contributed by atoms with Crippen molar-refractivity contribution < 1.29 is 5.11 Å². The minimum Gasteiger partial charge on any atom is -0.387 e. The van der Waals surface area contributed by atoms with Gasteiger partial charge in [-0.2, -0.15) is 0 Å². The summed E-state index contributed by atoms with van der Waals surface area (Å²) < 4.78 is 4.28. The molecule has 0 saturated carbocycles. The predicted molar refractivity (Wildman–Crippen MR) is 199 cm³/mol. The molecule has 7 nitrogen and oxygen atoms in total.